The second-order valence-corrected chi connectivity index (χ2v) is 9.65. The van der Waals surface area contributed by atoms with Gasteiger partial charge in [-0.1, -0.05) is 17.8 Å². The molecule has 1 amide bonds. The molecule has 1 N–H and O–H groups in total. The zero-order valence-corrected chi connectivity index (χ0v) is 19.0. The third-order valence-corrected chi connectivity index (χ3v) is 7.59. The first-order chi connectivity index (χ1) is 14.6. The number of thiazole rings is 1. The Morgan fingerprint density at radius 1 is 1.27 bits per heavy atom. The molecule has 164 valence electrons. The Bertz CT molecular complexity index is 855. The van der Waals surface area contributed by atoms with Gasteiger partial charge in [0.2, 0.25) is 5.91 Å². The second-order valence-electron chi connectivity index (χ2n) is 8.64. The highest BCUT2D eigenvalue weighted by molar-refractivity contribution is 7.22. The number of nitrogens with zero attached hydrogens (tertiary/aromatic N) is 3. The number of carbonyl (C=O) groups is 1. The number of ether oxygens (including phenoxy) is 1. The predicted octanol–water partition coefficient (Wildman–Crippen LogP) is 3.90. The fraction of sp³-hybridized carbons (Fsp3) is 0.652. The lowest BCUT2D eigenvalue weighted by atomic mass is 9.97. The summed E-state index contributed by atoms with van der Waals surface area (Å²) in [4.78, 5) is 22.4. The van der Waals surface area contributed by atoms with Gasteiger partial charge in [0, 0.05) is 32.2 Å². The van der Waals surface area contributed by atoms with E-state index in [9.17, 15) is 4.79 Å². The van der Waals surface area contributed by atoms with E-state index in [0.29, 0.717) is 6.04 Å². The molecule has 30 heavy (non-hydrogen) atoms. The van der Waals surface area contributed by atoms with Crippen LogP contribution in [0, 0.1) is 5.92 Å². The van der Waals surface area contributed by atoms with Crippen molar-refractivity contribution in [2.24, 2.45) is 5.92 Å². The van der Waals surface area contributed by atoms with Crippen LogP contribution in [0.15, 0.2) is 18.2 Å². The standard InChI is InChI=1S/C23H34N4O2S/c1-17-7-3-4-12-26(17)14-6-11-24-22(28)18-8-5-13-27(16-18)23-25-20-10-9-19(29-2)15-21(20)30-23/h9-10,15,17-18H,3-8,11-14,16H2,1-2H3,(H,24,28). The number of aromatic nitrogens is 1. The second kappa shape index (κ2) is 9.96. The van der Waals surface area contributed by atoms with Gasteiger partial charge in [0.1, 0.15) is 5.75 Å². The molecule has 2 saturated heterocycles. The SMILES string of the molecule is COc1ccc2nc(N3CCCC(C(=O)NCCCN4CCCCC4C)C3)sc2c1. The number of piperidine rings is 2. The molecule has 2 unspecified atom stereocenters. The molecule has 0 saturated carbocycles. The Balaban J connectivity index is 1.27. The molecular weight excluding hydrogens is 396 g/mol. The minimum Gasteiger partial charge on any atom is -0.497 e. The van der Waals surface area contributed by atoms with Gasteiger partial charge in [0.25, 0.3) is 0 Å². The number of rotatable bonds is 7. The molecule has 2 aromatic rings. The molecular formula is C23H34N4O2S. The predicted molar refractivity (Wildman–Crippen MR) is 124 cm³/mol. The van der Waals surface area contributed by atoms with Crippen LogP contribution in [0.4, 0.5) is 5.13 Å². The maximum absolute atomic E-state index is 12.8. The minimum atomic E-state index is 0.0502. The van der Waals surface area contributed by atoms with E-state index in [-0.39, 0.29) is 11.8 Å². The number of carbonyl (C=O) groups excluding carboxylic acids is 1. The summed E-state index contributed by atoms with van der Waals surface area (Å²) in [5, 5.41) is 4.20. The first kappa shape index (κ1) is 21.4. The van der Waals surface area contributed by atoms with Gasteiger partial charge in [-0.2, -0.15) is 0 Å². The zero-order valence-electron chi connectivity index (χ0n) is 18.2. The summed E-state index contributed by atoms with van der Waals surface area (Å²) in [7, 11) is 1.68. The fourth-order valence-electron chi connectivity index (χ4n) is 4.65. The highest BCUT2D eigenvalue weighted by Gasteiger charge is 2.27. The number of anilines is 1. The number of methoxy groups -OCH3 is 1. The van der Waals surface area contributed by atoms with Crippen LogP contribution in [-0.2, 0) is 4.79 Å². The highest BCUT2D eigenvalue weighted by Crippen LogP contribution is 2.33. The van der Waals surface area contributed by atoms with E-state index in [2.05, 4.69) is 22.0 Å². The van der Waals surface area contributed by atoms with E-state index in [1.807, 2.05) is 18.2 Å². The number of benzene rings is 1. The average molecular weight is 431 g/mol. The van der Waals surface area contributed by atoms with Crippen LogP contribution in [0.25, 0.3) is 10.2 Å². The molecule has 0 radical (unpaired) electrons. The number of amides is 1. The zero-order chi connectivity index (χ0) is 20.9. The van der Waals surface area contributed by atoms with Crippen LogP contribution in [0.2, 0.25) is 0 Å². The summed E-state index contributed by atoms with van der Waals surface area (Å²) < 4.78 is 6.45. The number of fused-ring (bicyclic) bond motifs is 1. The molecule has 3 heterocycles. The molecule has 1 aromatic carbocycles. The van der Waals surface area contributed by atoms with Crippen molar-refractivity contribution in [3.8, 4) is 5.75 Å². The maximum Gasteiger partial charge on any atom is 0.224 e. The van der Waals surface area contributed by atoms with E-state index in [4.69, 9.17) is 9.72 Å². The van der Waals surface area contributed by atoms with Gasteiger partial charge in [-0.05, 0) is 63.8 Å². The number of hydrogen-bond acceptors (Lipinski definition) is 6. The maximum atomic E-state index is 12.8. The Kier molecular flexibility index (Phi) is 7.10. The summed E-state index contributed by atoms with van der Waals surface area (Å²) >= 11 is 1.68. The highest BCUT2D eigenvalue weighted by atomic mass is 32.1. The summed E-state index contributed by atoms with van der Waals surface area (Å²) in [5.74, 6) is 1.11. The summed E-state index contributed by atoms with van der Waals surface area (Å²) in [6, 6.07) is 6.68. The normalized spacial score (nSPS) is 22.9. The van der Waals surface area contributed by atoms with Crippen molar-refractivity contribution in [2.75, 3.05) is 44.7 Å². The van der Waals surface area contributed by atoms with E-state index in [1.54, 1.807) is 18.4 Å². The molecule has 2 fully saturated rings. The molecule has 7 heteroatoms. The first-order valence-corrected chi connectivity index (χ1v) is 12.2. The van der Waals surface area contributed by atoms with Crippen LogP contribution in [0.5, 0.6) is 5.75 Å². The van der Waals surface area contributed by atoms with Crippen molar-refractivity contribution < 1.29 is 9.53 Å². The Morgan fingerprint density at radius 2 is 2.17 bits per heavy atom. The molecule has 6 nitrogen and oxygen atoms in total. The third-order valence-electron chi connectivity index (χ3n) is 6.51. The van der Waals surface area contributed by atoms with Crippen molar-refractivity contribution in [3.05, 3.63) is 18.2 Å². The topological polar surface area (TPSA) is 57.7 Å². The van der Waals surface area contributed by atoms with Crippen molar-refractivity contribution in [1.29, 1.82) is 0 Å². The molecule has 2 atom stereocenters. The van der Waals surface area contributed by atoms with E-state index in [1.165, 1.54) is 25.8 Å². The molecule has 2 aliphatic rings. The molecule has 0 aliphatic carbocycles. The molecule has 0 spiro atoms. The van der Waals surface area contributed by atoms with Crippen LogP contribution in [-0.4, -0.2) is 61.7 Å². The molecule has 2 aliphatic heterocycles. The summed E-state index contributed by atoms with van der Waals surface area (Å²) in [6.45, 7) is 7.12. The van der Waals surface area contributed by atoms with Gasteiger partial charge in [0.05, 0.1) is 23.2 Å². The third kappa shape index (κ3) is 5.06. The van der Waals surface area contributed by atoms with Gasteiger partial charge in [-0.3, -0.25) is 4.79 Å². The largest absolute Gasteiger partial charge is 0.497 e. The van der Waals surface area contributed by atoms with Crippen LogP contribution < -0.4 is 15.0 Å². The first-order valence-electron chi connectivity index (χ1n) is 11.4. The van der Waals surface area contributed by atoms with Gasteiger partial charge < -0.3 is 19.9 Å². The number of likely N-dealkylation sites (tertiary alicyclic amines) is 1. The summed E-state index contributed by atoms with van der Waals surface area (Å²) in [5.41, 5.74) is 0.995. The average Bonchev–Trinajstić information content (AvgIpc) is 3.21. The van der Waals surface area contributed by atoms with Gasteiger partial charge in [-0.15, -0.1) is 0 Å². The van der Waals surface area contributed by atoms with E-state index >= 15 is 0 Å². The van der Waals surface area contributed by atoms with Gasteiger partial charge >= 0.3 is 0 Å². The smallest absolute Gasteiger partial charge is 0.224 e. The van der Waals surface area contributed by atoms with E-state index < -0.39 is 0 Å². The van der Waals surface area contributed by atoms with Crippen molar-refractivity contribution in [1.82, 2.24) is 15.2 Å². The van der Waals surface area contributed by atoms with Crippen molar-refractivity contribution in [3.63, 3.8) is 0 Å². The number of hydrogen-bond donors (Lipinski definition) is 1. The van der Waals surface area contributed by atoms with Crippen molar-refractivity contribution >= 4 is 32.6 Å². The monoisotopic (exact) mass is 430 g/mol. The summed E-state index contributed by atoms with van der Waals surface area (Å²) in [6.07, 6.45) is 7.00. The lowest BCUT2D eigenvalue weighted by Crippen LogP contribution is -2.44. The molecule has 0 bridgehead atoms. The lowest BCUT2D eigenvalue weighted by molar-refractivity contribution is -0.125. The van der Waals surface area contributed by atoms with Crippen LogP contribution in [0.1, 0.15) is 45.4 Å². The Hall–Kier alpha value is -1.86. The Labute approximate surface area is 183 Å². The quantitative estimate of drug-likeness (QED) is 0.675. The molecule has 1 aromatic heterocycles. The molecule has 4 rings (SSSR count). The van der Waals surface area contributed by atoms with Crippen molar-refractivity contribution in [2.45, 2.75) is 51.5 Å². The van der Waals surface area contributed by atoms with Crippen LogP contribution in [0.3, 0.4) is 0 Å². The lowest BCUT2D eigenvalue weighted by Gasteiger charge is -2.33. The van der Waals surface area contributed by atoms with E-state index in [0.717, 1.165) is 66.5 Å². The fourth-order valence-corrected chi connectivity index (χ4v) is 5.68. The van der Waals surface area contributed by atoms with Crippen LogP contribution >= 0.6 is 11.3 Å². The Morgan fingerprint density at radius 3 is 3.00 bits per heavy atom. The minimum absolute atomic E-state index is 0.0502. The van der Waals surface area contributed by atoms with Gasteiger partial charge in [-0.25, -0.2) is 4.98 Å². The number of nitrogens with one attached hydrogen (secondary N) is 1. The van der Waals surface area contributed by atoms with Gasteiger partial charge in [0.15, 0.2) is 5.13 Å².